The van der Waals surface area contributed by atoms with Crippen molar-refractivity contribution < 1.29 is 33.3 Å². The number of hydrogen-bond acceptors (Lipinski definition) is 7. The fraction of sp³-hybridized carbons (Fsp3) is 0.560. The Balaban J connectivity index is 1.51. The van der Waals surface area contributed by atoms with Gasteiger partial charge in [-0.15, -0.1) is 0 Å². The number of fused-ring (bicyclic) bond motifs is 2. The van der Waals surface area contributed by atoms with Gasteiger partial charge in [0.15, 0.2) is 0 Å². The lowest BCUT2D eigenvalue weighted by Gasteiger charge is -2.48. The summed E-state index contributed by atoms with van der Waals surface area (Å²) >= 11 is 0. The lowest BCUT2D eigenvalue weighted by Crippen LogP contribution is -2.58. The van der Waals surface area contributed by atoms with Crippen LogP contribution in [0.5, 0.6) is 5.75 Å². The molecule has 1 N–H and O–H groups in total. The molecule has 0 unspecified atom stereocenters. The quantitative estimate of drug-likeness (QED) is 0.616. The molecule has 0 bridgehead atoms. The van der Waals surface area contributed by atoms with Gasteiger partial charge in [0.25, 0.3) is 0 Å². The molecule has 2 heterocycles. The third-order valence-corrected chi connectivity index (χ3v) is 7.23. The van der Waals surface area contributed by atoms with E-state index in [2.05, 4.69) is 4.98 Å². The molecule has 9 heteroatoms. The second-order valence-electron chi connectivity index (χ2n) is 9.08. The number of ether oxygens (including phenoxy) is 4. The molecule has 1 aromatic heterocycles. The number of amides is 1. The molecule has 0 spiro atoms. The van der Waals surface area contributed by atoms with Crippen molar-refractivity contribution in [3.63, 3.8) is 0 Å². The minimum absolute atomic E-state index is 0.000568. The smallest absolute Gasteiger partial charge is 0.311 e. The Morgan fingerprint density at radius 2 is 2.00 bits per heavy atom. The number of piperidine rings is 1. The molecule has 2 aromatic rings. The number of rotatable bonds is 7. The second-order valence-corrected chi connectivity index (χ2v) is 9.08. The van der Waals surface area contributed by atoms with Gasteiger partial charge in [-0.25, -0.2) is 0 Å². The molecule has 2 aliphatic rings. The summed E-state index contributed by atoms with van der Waals surface area (Å²) in [4.78, 5) is 42.6. The van der Waals surface area contributed by atoms with Crippen LogP contribution in [0.4, 0.5) is 0 Å². The highest BCUT2D eigenvalue weighted by Gasteiger charge is 2.53. The summed E-state index contributed by atoms with van der Waals surface area (Å²) in [5.74, 6) is -0.949. The number of H-pyrrole nitrogens is 1. The molecular weight excluding hydrogens is 440 g/mol. The maximum Gasteiger partial charge on any atom is 0.311 e. The summed E-state index contributed by atoms with van der Waals surface area (Å²) < 4.78 is 21.5. The number of aromatic amines is 1. The molecule has 2 fully saturated rings. The van der Waals surface area contributed by atoms with E-state index in [0.717, 1.165) is 22.2 Å². The van der Waals surface area contributed by atoms with Gasteiger partial charge < -0.3 is 28.8 Å². The zero-order valence-electron chi connectivity index (χ0n) is 20.0. The summed E-state index contributed by atoms with van der Waals surface area (Å²) in [5, 5.41) is 1.07. The van der Waals surface area contributed by atoms with Crippen LogP contribution in [0.3, 0.4) is 0 Å². The standard InChI is InChI=1S/C25H32N2O7/c1-14(28)34-21-9-16-13-27(22(29)11-19(16)23(24(21)32-3)25(30)33-4)8-7-15-12-26-20-6-5-17(31-2)10-18(15)20/h5-6,10,12,16,19,21,23-24,26H,7-9,11,13H2,1-4H3/t16-,19+,21+,23-,24-/m0/s1. The highest BCUT2D eigenvalue weighted by atomic mass is 16.6. The fourth-order valence-corrected chi connectivity index (χ4v) is 5.63. The Kier molecular flexibility index (Phi) is 7.11. The number of carbonyl (C=O) groups is 3. The fourth-order valence-electron chi connectivity index (χ4n) is 5.63. The number of nitrogens with zero attached hydrogens (tertiary/aromatic N) is 1. The van der Waals surface area contributed by atoms with E-state index in [1.165, 1.54) is 21.1 Å². The highest BCUT2D eigenvalue weighted by Crippen LogP contribution is 2.43. The van der Waals surface area contributed by atoms with Gasteiger partial charge in [0.05, 0.1) is 20.1 Å². The van der Waals surface area contributed by atoms with E-state index in [9.17, 15) is 14.4 Å². The van der Waals surface area contributed by atoms with Crippen molar-refractivity contribution in [3.05, 3.63) is 30.0 Å². The third-order valence-electron chi connectivity index (χ3n) is 7.23. The van der Waals surface area contributed by atoms with Crippen LogP contribution >= 0.6 is 0 Å². The molecule has 1 saturated carbocycles. The van der Waals surface area contributed by atoms with Crippen molar-refractivity contribution in [2.24, 2.45) is 17.8 Å². The molecule has 1 amide bonds. The number of carbonyl (C=O) groups excluding carboxylic acids is 3. The van der Waals surface area contributed by atoms with Crippen LogP contribution in [0.25, 0.3) is 10.9 Å². The van der Waals surface area contributed by atoms with Crippen molar-refractivity contribution in [1.29, 1.82) is 0 Å². The van der Waals surface area contributed by atoms with E-state index < -0.39 is 30.1 Å². The van der Waals surface area contributed by atoms with Crippen molar-refractivity contribution >= 4 is 28.7 Å². The lowest BCUT2D eigenvalue weighted by molar-refractivity contribution is -0.187. The predicted octanol–water partition coefficient (Wildman–Crippen LogP) is 2.32. The van der Waals surface area contributed by atoms with Crippen LogP contribution in [0.2, 0.25) is 0 Å². The minimum Gasteiger partial charge on any atom is -0.497 e. The van der Waals surface area contributed by atoms with Crippen LogP contribution in [0, 0.1) is 17.8 Å². The van der Waals surface area contributed by atoms with E-state index in [1.807, 2.05) is 29.3 Å². The van der Waals surface area contributed by atoms with Gasteiger partial charge in [-0.3, -0.25) is 14.4 Å². The number of aromatic nitrogens is 1. The van der Waals surface area contributed by atoms with Crippen LogP contribution in [0.1, 0.15) is 25.3 Å². The maximum atomic E-state index is 13.1. The largest absolute Gasteiger partial charge is 0.497 e. The van der Waals surface area contributed by atoms with Crippen LogP contribution in [0.15, 0.2) is 24.4 Å². The summed E-state index contributed by atoms with van der Waals surface area (Å²) in [6.07, 6.45) is 2.21. The van der Waals surface area contributed by atoms with Crippen molar-refractivity contribution in [1.82, 2.24) is 9.88 Å². The van der Waals surface area contributed by atoms with E-state index in [0.29, 0.717) is 25.9 Å². The summed E-state index contributed by atoms with van der Waals surface area (Å²) in [5.41, 5.74) is 2.13. The van der Waals surface area contributed by atoms with E-state index >= 15 is 0 Å². The molecule has 9 nitrogen and oxygen atoms in total. The molecule has 1 aromatic carbocycles. The van der Waals surface area contributed by atoms with Gasteiger partial charge in [-0.1, -0.05) is 0 Å². The zero-order valence-corrected chi connectivity index (χ0v) is 20.0. The van der Waals surface area contributed by atoms with E-state index in [4.69, 9.17) is 18.9 Å². The summed E-state index contributed by atoms with van der Waals surface area (Å²) in [7, 11) is 4.45. The monoisotopic (exact) mass is 472 g/mol. The molecule has 0 radical (unpaired) electrons. The Morgan fingerprint density at radius 1 is 1.21 bits per heavy atom. The van der Waals surface area contributed by atoms with Crippen LogP contribution in [-0.2, 0) is 35.0 Å². The first-order chi connectivity index (χ1) is 16.4. The lowest BCUT2D eigenvalue weighted by atomic mass is 9.66. The Morgan fingerprint density at radius 3 is 2.68 bits per heavy atom. The maximum absolute atomic E-state index is 13.1. The summed E-state index contributed by atoms with van der Waals surface area (Å²) in [6, 6.07) is 5.88. The van der Waals surface area contributed by atoms with Gasteiger partial charge in [-0.05, 0) is 48.4 Å². The van der Waals surface area contributed by atoms with Gasteiger partial charge >= 0.3 is 11.9 Å². The Bertz CT molecular complexity index is 1060. The number of methoxy groups -OCH3 is 3. The van der Waals surface area contributed by atoms with Gasteiger partial charge in [0.2, 0.25) is 5.91 Å². The van der Waals surface area contributed by atoms with Crippen molar-refractivity contribution in [2.45, 2.75) is 38.4 Å². The first-order valence-corrected chi connectivity index (χ1v) is 11.6. The molecule has 4 rings (SSSR count). The first-order valence-electron chi connectivity index (χ1n) is 11.6. The highest BCUT2D eigenvalue weighted by molar-refractivity contribution is 5.85. The molecule has 5 atom stereocenters. The minimum atomic E-state index is -0.662. The van der Waals surface area contributed by atoms with Gasteiger partial charge in [0.1, 0.15) is 18.0 Å². The normalized spacial score (nSPS) is 26.8. The SMILES string of the molecule is COC(=O)[C@H]1[C@@H]2CC(=O)N(CCc3c[nH]c4ccc(OC)cc34)C[C@@H]2C[C@@H](OC(C)=O)[C@@H]1OC. The van der Waals surface area contributed by atoms with E-state index in [-0.39, 0.29) is 24.2 Å². The topological polar surface area (TPSA) is 107 Å². The van der Waals surface area contributed by atoms with Gasteiger partial charge in [-0.2, -0.15) is 0 Å². The van der Waals surface area contributed by atoms with Gasteiger partial charge in [0, 0.05) is 50.6 Å². The third kappa shape index (κ3) is 4.61. The zero-order chi connectivity index (χ0) is 24.4. The molecular formula is C25H32N2O7. The Labute approximate surface area is 198 Å². The van der Waals surface area contributed by atoms with Crippen LogP contribution in [-0.4, -0.2) is 74.4 Å². The Hall–Kier alpha value is -3.07. The number of esters is 2. The van der Waals surface area contributed by atoms with Crippen molar-refractivity contribution in [2.75, 3.05) is 34.4 Å². The molecule has 1 aliphatic heterocycles. The molecule has 1 saturated heterocycles. The summed E-state index contributed by atoms with van der Waals surface area (Å²) in [6.45, 7) is 2.40. The number of likely N-dealkylation sites (tertiary alicyclic amines) is 1. The van der Waals surface area contributed by atoms with Crippen LogP contribution < -0.4 is 4.74 Å². The number of benzene rings is 1. The molecule has 1 aliphatic carbocycles. The molecule has 34 heavy (non-hydrogen) atoms. The molecule has 184 valence electrons. The van der Waals surface area contributed by atoms with Crippen molar-refractivity contribution in [3.8, 4) is 5.75 Å². The first kappa shape index (κ1) is 24.1. The number of hydrogen-bond donors (Lipinski definition) is 1. The average Bonchev–Trinajstić information content (AvgIpc) is 3.23. The number of nitrogens with one attached hydrogen (secondary N) is 1. The average molecular weight is 473 g/mol. The predicted molar refractivity (Wildman–Crippen MR) is 123 cm³/mol. The van der Waals surface area contributed by atoms with E-state index in [1.54, 1.807) is 7.11 Å². The second kappa shape index (κ2) is 10.0.